The number of aryl methyl sites for hydroxylation is 1. The van der Waals surface area contributed by atoms with Crippen molar-refractivity contribution >= 4 is 16.7 Å². The van der Waals surface area contributed by atoms with Gasteiger partial charge in [0, 0.05) is 43.0 Å². The smallest absolute Gasteiger partial charge is 0.159 e. The molecule has 130 valence electrons. The highest BCUT2D eigenvalue weighted by molar-refractivity contribution is 5.88. The molecular weight excluding hydrogens is 316 g/mol. The molecule has 3 heterocycles. The van der Waals surface area contributed by atoms with Crippen LogP contribution in [-0.2, 0) is 20.0 Å². The molecule has 0 saturated heterocycles. The van der Waals surface area contributed by atoms with Crippen LogP contribution in [0.1, 0.15) is 25.0 Å². The minimum Gasteiger partial charge on any atom is -0.494 e. The van der Waals surface area contributed by atoms with Gasteiger partial charge in [-0.2, -0.15) is 5.10 Å². The van der Waals surface area contributed by atoms with Gasteiger partial charge in [-0.25, -0.2) is 4.98 Å². The molecule has 1 N–H and O–H groups in total. The number of benzene rings is 1. The number of ether oxygens (including phenoxy) is 2. The molecule has 0 radical (unpaired) electrons. The van der Waals surface area contributed by atoms with Crippen LogP contribution in [0.2, 0.25) is 0 Å². The van der Waals surface area contributed by atoms with E-state index in [-0.39, 0.29) is 6.10 Å². The van der Waals surface area contributed by atoms with E-state index < -0.39 is 0 Å². The molecule has 0 saturated carbocycles. The molecule has 1 aliphatic heterocycles. The first-order valence-corrected chi connectivity index (χ1v) is 8.61. The molecular formula is C19H22N4O2. The van der Waals surface area contributed by atoms with Crippen molar-refractivity contribution < 1.29 is 9.47 Å². The standard InChI is InChI=1S/C19H22N4O2/c1-4-24-17-8-13-7-12(2)25-18(13)9-14(17)10-21-16-5-6-20-19-15(16)11-22-23(19)3/h5-6,8-9,11-12H,4,7,10H2,1-3H3,(H,20,21)/t12-/m1/s1. The molecule has 4 rings (SSSR count). The lowest BCUT2D eigenvalue weighted by Gasteiger charge is -2.14. The number of hydrogen-bond acceptors (Lipinski definition) is 5. The summed E-state index contributed by atoms with van der Waals surface area (Å²) in [6.07, 6.45) is 4.79. The van der Waals surface area contributed by atoms with Gasteiger partial charge in [-0.05, 0) is 32.0 Å². The third-order valence-corrected chi connectivity index (χ3v) is 4.48. The molecule has 6 nitrogen and oxygen atoms in total. The molecule has 1 atom stereocenters. The van der Waals surface area contributed by atoms with Crippen molar-refractivity contribution in [1.29, 1.82) is 0 Å². The monoisotopic (exact) mass is 338 g/mol. The summed E-state index contributed by atoms with van der Waals surface area (Å²) in [4.78, 5) is 4.37. The number of nitrogens with zero attached hydrogens (tertiary/aromatic N) is 3. The van der Waals surface area contributed by atoms with Gasteiger partial charge in [0.05, 0.1) is 18.2 Å². The maximum absolute atomic E-state index is 5.90. The highest BCUT2D eigenvalue weighted by Gasteiger charge is 2.22. The zero-order chi connectivity index (χ0) is 17.4. The van der Waals surface area contributed by atoms with Crippen molar-refractivity contribution in [2.24, 2.45) is 7.05 Å². The lowest BCUT2D eigenvalue weighted by Crippen LogP contribution is -2.05. The van der Waals surface area contributed by atoms with Crippen molar-refractivity contribution in [1.82, 2.24) is 14.8 Å². The van der Waals surface area contributed by atoms with E-state index in [1.54, 1.807) is 10.9 Å². The van der Waals surface area contributed by atoms with Gasteiger partial charge >= 0.3 is 0 Å². The maximum Gasteiger partial charge on any atom is 0.159 e. The number of anilines is 1. The Morgan fingerprint density at radius 1 is 1.40 bits per heavy atom. The zero-order valence-electron chi connectivity index (χ0n) is 14.7. The van der Waals surface area contributed by atoms with Gasteiger partial charge in [-0.1, -0.05) is 0 Å². The van der Waals surface area contributed by atoms with Gasteiger partial charge < -0.3 is 14.8 Å². The van der Waals surface area contributed by atoms with Crippen LogP contribution in [0.25, 0.3) is 11.0 Å². The molecule has 0 amide bonds. The van der Waals surface area contributed by atoms with Crippen molar-refractivity contribution in [3.8, 4) is 11.5 Å². The van der Waals surface area contributed by atoms with E-state index in [2.05, 4.69) is 34.5 Å². The topological polar surface area (TPSA) is 61.2 Å². The summed E-state index contributed by atoms with van der Waals surface area (Å²) >= 11 is 0. The normalized spacial score (nSPS) is 15.9. The van der Waals surface area contributed by atoms with E-state index in [0.717, 1.165) is 40.2 Å². The zero-order valence-corrected chi connectivity index (χ0v) is 14.7. The summed E-state index contributed by atoms with van der Waals surface area (Å²) in [5.74, 6) is 1.89. The summed E-state index contributed by atoms with van der Waals surface area (Å²) in [6, 6.07) is 6.18. The first kappa shape index (κ1) is 15.7. The van der Waals surface area contributed by atoms with Crippen LogP contribution >= 0.6 is 0 Å². The molecule has 0 fully saturated rings. The van der Waals surface area contributed by atoms with Gasteiger partial charge in [0.1, 0.15) is 17.6 Å². The second kappa shape index (κ2) is 6.27. The van der Waals surface area contributed by atoms with Crippen LogP contribution in [0.15, 0.2) is 30.6 Å². The van der Waals surface area contributed by atoms with Crippen LogP contribution in [0.3, 0.4) is 0 Å². The van der Waals surface area contributed by atoms with Crippen LogP contribution < -0.4 is 14.8 Å². The fraction of sp³-hybridized carbons (Fsp3) is 0.368. The molecule has 1 aliphatic rings. The summed E-state index contributed by atoms with van der Waals surface area (Å²) < 4.78 is 13.5. The van der Waals surface area contributed by atoms with Crippen LogP contribution in [0.4, 0.5) is 5.69 Å². The first-order valence-electron chi connectivity index (χ1n) is 8.61. The van der Waals surface area contributed by atoms with Gasteiger partial charge in [0.15, 0.2) is 5.65 Å². The van der Waals surface area contributed by atoms with Gasteiger partial charge in [0.25, 0.3) is 0 Å². The molecule has 3 aromatic rings. The van der Waals surface area contributed by atoms with Crippen LogP contribution in [-0.4, -0.2) is 27.5 Å². The van der Waals surface area contributed by atoms with Crippen LogP contribution in [0.5, 0.6) is 11.5 Å². The van der Waals surface area contributed by atoms with E-state index in [1.807, 2.05) is 26.2 Å². The van der Waals surface area contributed by atoms with Crippen molar-refractivity contribution in [3.63, 3.8) is 0 Å². The summed E-state index contributed by atoms with van der Waals surface area (Å²) in [5.41, 5.74) is 4.18. The Morgan fingerprint density at radius 2 is 2.28 bits per heavy atom. The van der Waals surface area contributed by atoms with E-state index in [9.17, 15) is 0 Å². The molecule has 25 heavy (non-hydrogen) atoms. The SMILES string of the molecule is CCOc1cc2c(cc1CNc1ccnc3c1cnn3C)O[C@H](C)C2. The van der Waals surface area contributed by atoms with Crippen LogP contribution in [0, 0.1) is 0 Å². The average Bonchev–Trinajstić information content (AvgIpc) is 3.15. The Labute approximate surface area is 146 Å². The molecule has 2 aromatic heterocycles. The van der Waals surface area contributed by atoms with E-state index in [1.165, 1.54) is 5.56 Å². The predicted octanol–water partition coefficient (Wildman–Crippen LogP) is 3.30. The highest BCUT2D eigenvalue weighted by atomic mass is 16.5. The average molecular weight is 338 g/mol. The van der Waals surface area contributed by atoms with E-state index >= 15 is 0 Å². The molecule has 0 bridgehead atoms. The molecule has 0 spiro atoms. The number of fused-ring (bicyclic) bond motifs is 2. The highest BCUT2D eigenvalue weighted by Crippen LogP contribution is 2.35. The maximum atomic E-state index is 5.90. The second-order valence-corrected chi connectivity index (χ2v) is 6.35. The van der Waals surface area contributed by atoms with Gasteiger partial charge in [-0.15, -0.1) is 0 Å². The molecule has 0 unspecified atom stereocenters. The summed E-state index contributed by atoms with van der Waals surface area (Å²) in [6.45, 7) is 5.39. The fourth-order valence-electron chi connectivity index (χ4n) is 3.30. The van der Waals surface area contributed by atoms with Crippen molar-refractivity contribution in [2.45, 2.75) is 32.9 Å². The Hall–Kier alpha value is -2.76. The number of nitrogens with one attached hydrogen (secondary N) is 1. The fourth-order valence-corrected chi connectivity index (χ4v) is 3.30. The molecule has 1 aromatic carbocycles. The van der Waals surface area contributed by atoms with Crippen molar-refractivity contribution in [2.75, 3.05) is 11.9 Å². The minimum absolute atomic E-state index is 0.225. The predicted molar refractivity (Wildman–Crippen MR) is 97.2 cm³/mol. The molecule has 6 heteroatoms. The largest absolute Gasteiger partial charge is 0.494 e. The lowest BCUT2D eigenvalue weighted by molar-refractivity contribution is 0.254. The first-order chi connectivity index (χ1) is 12.2. The third-order valence-electron chi connectivity index (χ3n) is 4.48. The van der Waals surface area contributed by atoms with Gasteiger partial charge in [-0.3, -0.25) is 4.68 Å². The summed E-state index contributed by atoms with van der Waals surface area (Å²) in [5, 5.41) is 8.78. The second-order valence-electron chi connectivity index (χ2n) is 6.35. The molecule has 0 aliphatic carbocycles. The Bertz CT molecular complexity index is 919. The Morgan fingerprint density at radius 3 is 3.12 bits per heavy atom. The Kier molecular flexibility index (Phi) is 3.95. The number of hydrogen-bond donors (Lipinski definition) is 1. The summed E-state index contributed by atoms with van der Waals surface area (Å²) in [7, 11) is 1.89. The number of aromatic nitrogens is 3. The lowest BCUT2D eigenvalue weighted by atomic mass is 10.1. The Balaban J connectivity index is 1.63. The minimum atomic E-state index is 0.225. The third kappa shape index (κ3) is 2.88. The number of rotatable bonds is 5. The van der Waals surface area contributed by atoms with Gasteiger partial charge in [0.2, 0.25) is 0 Å². The van der Waals surface area contributed by atoms with E-state index in [0.29, 0.717) is 13.2 Å². The number of pyridine rings is 1. The van der Waals surface area contributed by atoms with E-state index in [4.69, 9.17) is 9.47 Å². The van der Waals surface area contributed by atoms with Crippen molar-refractivity contribution in [3.05, 3.63) is 41.7 Å². The quantitative estimate of drug-likeness (QED) is 0.773.